The Labute approximate surface area is 156 Å². The largest absolute Gasteiger partial charge is 0.338 e. The normalized spacial score (nSPS) is 22.9. The first kappa shape index (κ1) is 18.9. The molecule has 2 atom stereocenters. The van der Waals surface area contributed by atoms with Crippen LogP contribution in [0.1, 0.15) is 44.6 Å². The van der Waals surface area contributed by atoms with Gasteiger partial charge in [-0.05, 0) is 31.7 Å². The highest BCUT2D eigenvalue weighted by atomic mass is 16.2. The van der Waals surface area contributed by atoms with Gasteiger partial charge in [-0.3, -0.25) is 9.59 Å². The molecule has 2 amide bonds. The topological polar surface area (TPSA) is 66.6 Å². The van der Waals surface area contributed by atoms with Crippen molar-refractivity contribution < 1.29 is 9.59 Å². The lowest BCUT2D eigenvalue weighted by Gasteiger charge is -2.42. The molecule has 1 aromatic carbocycles. The van der Waals surface area contributed by atoms with Crippen molar-refractivity contribution in [3.05, 3.63) is 35.9 Å². The number of hydrogen-bond donors (Lipinski definition) is 1. The van der Waals surface area contributed by atoms with Crippen LogP contribution in [0, 0.1) is 5.92 Å². The second kappa shape index (κ2) is 8.67. The first-order valence-electron chi connectivity index (χ1n) is 9.95. The van der Waals surface area contributed by atoms with Crippen LogP contribution in [-0.4, -0.2) is 53.3 Å². The molecule has 26 heavy (non-hydrogen) atoms. The Morgan fingerprint density at radius 3 is 2.46 bits per heavy atom. The molecule has 0 bridgehead atoms. The third kappa shape index (κ3) is 4.44. The van der Waals surface area contributed by atoms with Gasteiger partial charge in [-0.25, -0.2) is 0 Å². The molecule has 142 valence electrons. The van der Waals surface area contributed by atoms with E-state index in [2.05, 4.69) is 0 Å². The quantitative estimate of drug-likeness (QED) is 0.898. The Balaban J connectivity index is 1.54. The highest BCUT2D eigenvalue weighted by Gasteiger charge is 2.34. The van der Waals surface area contributed by atoms with E-state index in [1.54, 1.807) is 0 Å². The van der Waals surface area contributed by atoms with Crippen molar-refractivity contribution in [3.63, 3.8) is 0 Å². The number of nitrogens with two attached hydrogens (primary N) is 1. The monoisotopic (exact) mass is 357 g/mol. The summed E-state index contributed by atoms with van der Waals surface area (Å²) in [6.07, 6.45) is 6.17. The Hall–Kier alpha value is -1.88. The van der Waals surface area contributed by atoms with Crippen molar-refractivity contribution in [3.8, 4) is 0 Å². The van der Waals surface area contributed by atoms with Gasteiger partial charge >= 0.3 is 0 Å². The number of nitrogens with zero attached hydrogens (tertiary/aromatic N) is 2. The van der Waals surface area contributed by atoms with E-state index < -0.39 is 6.04 Å². The van der Waals surface area contributed by atoms with E-state index in [-0.39, 0.29) is 23.8 Å². The minimum Gasteiger partial charge on any atom is -0.338 e. The molecule has 1 heterocycles. The molecule has 5 heteroatoms. The van der Waals surface area contributed by atoms with Gasteiger partial charge in [0.2, 0.25) is 11.8 Å². The lowest BCUT2D eigenvalue weighted by molar-refractivity contribution is -0.146. The van der Waals surface area contributed by atoms with Gasteiger partial charge in [-0.15, -0.1) is 0 Å². The Morgan fingerprint density at radius 2 is 1.81 bits per heavy atom. The third-order valence-electron chi connectivity index (χ3n) is 5.79. The maximum absolute atomic E-state index is 12.8. The fourth-order valence-corrected chi connectivity index (χ4v) is 4.26. The molecule has 1 aromatic rings. The van der Waals surface area contributed by atoms with Crippen molar-refractivity contribution in [2.75, 3.05) is 19.6 Å². The first-order chi connectivity index (χ1) is 12.6. The van der Waals surface area contributed by atoms with Crippen molar-refractivity contribution in [2.24, 2.45) is 11.7 Å². The summed E-state index contributed by atoms with van der Waals surface area (Å²) in [6, 6.07) is 9.42. The zero-order chi connectivity index (χ0) is 18.5. The number of benzene rings is 1. The molecule has 1 aliphatic carbocycles. The van der Waals surface area contributed by atoms with Crippen molar-refractivity contribution in [1.82, 2.24) is 9.80 Å². The van der Waals surface area contributed by atoms with Gasteiger partial charge in [0.15, 0.2) is 0 Å². The Bertz CT molecular complexity index is 613. The minimum atomic E-state index is -0.523. The molecule has 1 saturated heterocycles. The smallest absolute Gasteiger partial charge is 0.239 e. The van der Waals surface area contributed by atoms with Crippen molar-refractivity contribution >= 4 is 11.8 Å². The van der Waals surface area contributed by atoms with Crippen LogP contribution >= 0.6 is 0 Å². The lowest BCUT2D eigenvalue weighted by Crippen LogP contribution is -2.59. The van der Waals surface area contributed by atoms with Gasteiger partial charge in [0.05, 0.1) is 6.04 Å². The molecular formula is C21H31N3O2. The summed E-state index contributed by atoms with van der Waals surface area (Å²) >= 11 is 0. The molecule has 2 fully saturated rings. The van der Waals surface area contributed by atoms with E-state index in [1.807, 2.05) is 47.1 Å². The predicted molar refractivity (Wildman–Crippen MR) is 102 cm³/mol. The predicted octanol–water partition coefficient (Wildman–Crippen LogP) is 2.20. The van der Waals surface area contributed by atoms with Crippen molar-refractivity contribution in [1.29, 1.82) is 0 Å². The molecule has 1 saturated carbocycles. The van der Waals surface area contributed by atoms with Gasteiger partial charge in [0, 0.05) is 31.6 Å². The summed E-state index contributed by atoms with van der Waals surface area (Å²) in [6.45, 7) is 3.84. The fourth-order valence-electron chi connectivity index (χ4n) is 4.26. The van der Waals surface area contributed by atoms with Gasteiger partial charge in [-0.1, -0.05) is 49.6 Å². The maximum Gasteiger partial charge on any atom is 0.239 e. The SMILES string of the molecule is CC1CN(C(=O)C(N)Cc2ccccc2)CCN1C(=O)C1CCCCC1. The van der Waals surface area contributed by atoms with E-state index in [0.717, 1.165) is 31.2 Å². The summed E-state index contributed by atoms with van der Waals surface area (Å²) in [4.78, 5) is 29.4. The molecule has 1 aliphatic heterocycles. The third-order valence-corrected chi connectivity index (χ3v) is 5.79. The van der Waals surface area contributed by atoms with E-state index in [4.69, 9.17) is 5.73 Å². The second-order valence-electron chi connectivity index (χ2n) is 7.80. The molecule has 5 nitrogen and oxygen atoms in total. The summed E-state index contributed by atoms with van der Waals surface area (Å²) in [5, 5.41) is 0. The standard InChI is InChI=1S/C21H31N3O2/c1-16-15-23(21(26)19(22)14-17-8-4-2-5-9-17)12-13-24(16)20(25)18-10-6-3-7-11-18/h2,4-5,8-9,16,18-19H,3,6-7,10-15,22H2,1H3. The zero-order valence-electron chi connectivity index (χ0n) is 15.8. The van der Waals surface area contributed by atoms with Crippen molar-refractivity contribution in [2.45, 2.75) is 57.5 Å². The second-order valence-corrected chi connectivity index (χ2v) is 7.80. The molecule has 2 N–H and O–H groups in total. The van der Waals surface area contributed by atoms with Crippen LogP contribution in [0.15, 0.2) is 30.3 Å². The fraction of sp³-hybridized carbons (Fsp3) is 0.619. The van der Waals surface area contributed by atoms with Crippen LogP contribution in [0.2, 0.25) is 0 Å². The molecule has 0 aromatic heterocycles. The average Bonchev–Trinajstić information content (AvgIpc) is 2.68. The van der Waals surface area contributed by atoms with Crippen LogP contribution in [0.3, 0.4) is 0 Å². The van der Waals surface area contributed by atoms with Crippen LogP contribution in [-0.2, 0) is 16.0 Å². The van der Waals surface area contributed by atoms with E-state index in [9.17, 15) is 9.59 Å². The van der Waals surface area contributed by atoms with Crippen LogP contribution in [0.25, 0.3) is 0 Å². The number of piperazine rings is 1. The molecule has 0 radical (unpaired) electrons. The number of rotatable bonds is 4. The average molecular weight is 357 g/mol. The number of hydrogen-bond acceptors (Lipinski definition) is 3. The zero-order valence-corrected chi connectivity index (χ0v) is 15.8. The first-order valence-corrected chi connectivity index (χ1v) is 9.95. The van der Waals surface area contributed by atoms with E-state index in [0.29, 0.717) is 26.1 Å². The summed E-state index contributed by atoms with van der Waals surface area (Å²) in [5.41, 5.74) is 7.24. The highest BCUT2D eigenvalue weighted by Crippen LogP contribution is 2.27. The van der Waals surface area contributed by atoms with Gasteiger partial charge in [0.25, 0.3) is 0 Å². The molecule has 0 spiro atoms. The summed E-state index contributed by atoms with van der Waals surface area (Å²) in [7, 11) is 0. The number of carbonyl (C=O) groups is 2. The van der Waals surface area contributed by atoms with Gasteiger partial charge in [0.1, 0.15) is 0 Å². The van der Waals surface area contributed by atoms with E-state index >= 15 is 0 Å². The molecular weight excluding hydrogens is 326 g/mol. The van der Waals surface area contributed by atoms with E-state index in [1.165, 1.54) is 6.42 Å². The lowest BCUT2D eigenvalue weighted by atomic mass is 9.87. The maximum atomic E-state index is 12.8. The molecule has 3 rings (SSSR count). The molecule has 2 unspecified atom stereocenters. The van der Waals surface area contributed by atoms with Crippen LogP contribution < -0.4 is 5.73 Å². The Kier molecular flexibility index (Phi) is 6.30. The van der Waals surface area contributed by atoms with Crippen LogP contribution in [0.5, 0.6) is 0 Å². The van der Waals surface area contributed by atoms with Gasteiger partial charge < -0.3 is 15.5 Å². The van der Waals surface area contributed by atoms with Crippen LogP contribution in [0.4, 0.5) is 0 Å². The number of amides is 2. The summed E-state index contributed by atoms with van der Waals surface area (Å²) in [5.74, 6) is 0.470. The molecule has 2 aliphatic rings. The summed E-state index contributed by atoms with van der Waals surface area (Å²) < 4.78 is 0. The minimum absolute atomic E-state index is 0.00883. The Morgan fingerprint density at radius 1 is 1.12 bits per heavy atom. The van der Waals surface area contributed by atoms with Gasteiger partial charge in [-0.2, -0.15) is 0 Å². The number of carbonyl (C=O) groups excluding carboxylic acids is 2. The highest BCUT2D eigenvalue weighted by molar-refractivity contribution is 5.83.